The van der Waals surface area contributed by atoms with E-state index in [0.29, 0.717) is 23.9 Å². The van der Waals surface area contributed by atoms with Crippen molar-refractivity contribution in [3.63, 3.8) is 0 Å². The Morgan fingerprint density at radius 2 is 1.95 bits per heavy atom. The van der Waals surface area contributed by atoms with Gasteiger partial charge in [-0.2, -0.15) is 0 Å². The van der Waals surface area contributed by atoms with Gasteiger partial charge in [0.2, 0.25) is 0 Å². The van der Waals surface area contributed by atoms with Crippen LogP contribution < -0.4 is 9.64 Å². The predicted molar refractivity (Wildman–Crippen MR) is 85.7 cm³/mol. The van der Waals surface area contributed by atoms with Crippen LogP contribution in [0.15, 0.2) is 48.5 Å². The average Bonchev–Trinajstić information content (AvgIpc) is 2.88. The van der Waals surface area contributed by atoms with Crippen molar-refractivity contribution in [3.05, 3.63) is 59.1 Å². The van der Waals surface area contributed by atoms with E-state index < -0.39 is 0 Å². The molecule has 1 unspecified atom stereocenters. The molecule has 2 aromatic rings. The fourth-order valence-corrected chi connectivity index (χ4v) is 2.52. The van der Waals surface area contributed by atoms with Crippen LogP contribution in [-0.4, -0.2) is 25.3 Å². The molecule has 22 heavy (non-hydrogen) atoms. The van der Waals surface area contributed by atoms with Crippen LogP contribution in [0, 0.1) is 6.92 Å². The number of anilines is 1. The number of carbonyl (C=O) groups excluding carboxylic acids is 1. The summed E-state index contributed by atoms with van der Waals surface area (Å²) in [6.45, 7) is 2.77. The third kappa shape index (κ3) is 3.17. The van der Waals surface area contributed by atoms with E-state index >= 15 is 0 Å². The van der Waals surface area contributed by atoms with Gasteiger partial charge in [0.25, 0.3) is 0 Å². The number of nitrogens with zero attached hydrogens (tertiary/aromatic N) is 1. The van der Waals surface area contributed by atoms with Crippen LogP contribution in [0.2, 0.25) is 5.02 Å². The van der Waals surface area contributed by atoms with Crippen molar-refractivity contribution in [2.75, 3.05) is 18.1 Å². The molecule has 4 nitrogen and oxygen atoms in total. The smallest absolute Gasteiger partial charge is 0.414 e. The molecule has 114 valence electrons. The lowest BCUT2D eigenvalue weighted by Crippen LogP contribution is -2.27. The summed E-state index contributed by atoms with van der Waals surface area (Å²) in [4.78, 5) is 13.7. The monoisotopic (exact) mass is 317 g/mol. The molecule has 3 rings (SSSR count). The van der Waals surface area contributed by atoms with E-state index in [2.05, 4.69) is 0 Å². The highest BCUT2D eigenvalue weighted by Crippen LogP contribution is 2.25. The normalized spacial score (nSPS) is 17.5. The van der Waals surface area contributed by atoms with Gasteiger partial charge in [-0.1, -0.05) is 29.8 Å². The number of para-hydroxylation sites is 1. The van der Waals surface area contributed by atoms with Gasteiger partial charge >= 0.3 is 6.09 Å². The average molecular weight is 318 g/mol. The molecule has 1 aliphatic heterocycles. The summed E-state index contributed by atoms with van der Waals surface area (Å²) in [5.74, 6) is 0.704. The molecular formula is C17H16ClNO3. The zero-order chi connectivity index (χ0) is 15.5. The molecule has 0 saturated carbocycles. The highest BCUT2D eigenvalue weighted by atomic mass is 35.5. The molecule has 0 spiro atoms. The SMILES string of the molecule is Cc1ccccc1N1CC(COc2ccc(Cl)cc2)OC1=O. The third-order valence-electron chi connectivity index (χ3n) is 3.53. The van der Waals surface area contributed by atoms with Crippen LogP contribution >= 0.6 is 11.6 Å². The Labute approximate surface area is 134 Å². The second-order valence-corrected chi connectivity index (χ2v) is 5.60. The zero-order valence-corrected chi connectivity index (χ0v) is 12.9. The second-order valence-electron chi connectivity index (χ2n) is 5.17. The Hall–Kier alpha value is -2.20. The van der Waals surface area contributed by atoms with Gasteiger partial charge < -0.3 is 9.47 Å². The molecule has 2 aromatic carbocycles. The van der Waals surface area contributed by atoms with Crippen LogP contribution in [0.5, 0.6) is 5.75 Å². The number of rotatable bonds is 4. The second kappa shape index (κ2) is 6.28. The van der Waals surface area contributed by atoms with E-state index in [1.54, 1.807) is 29.2 Å². The van der Waals surface area contributed by atoms with Gasteiger partial charge in [0.15, 0.2) is 6.10 Å². The van der Waals surface area contributed by atoms with Gasteiger partial charge in [0.1, 0.15) is 12.4 Å². The first-order valence-corrected chi connectivity index (χ1v) is 7.43. The minimum absolute atomic E-state index is 0.289. The number of ether oxygens (including phenoxy) is 2. The van der Waals surface area contributed by atoms with Crippen LogP contribution in [0.3, 0.4) is 0 Å². The fraction of sp³-hybridized carbons (Fsp3) is 0.235. The standard InChI is InChI=1S/C17H16ClNO3/c1-12-4-2-3-5-16(12)19-10-15(22-17(19)20)11-21-14-8-6-13(18)7-9-14/h2-9,15H,10-11H2,1H3. The molecule has 1 saturated heterocycles. The molecule has 1 aliphatic rings. The molecule has 1 fully saturated rings. The maximum Gasteiger partial charge on any atom is 0.414 e. The van der Waals surface area contributed by atoms with E-state index in [0.717, 1.165) is 11.3 Å². The molecule has 1 atom stereocenters. The summed E-state index contributed by atoms with van der Waals surface area (Å²) in [5, 5.41) is 0.658. The number of benzene rings is 2. The van der Waals surface area contributed by atoms with Crippen molar-refractivity contribution in [1.82, 2.24) is 0 Å². The van der Waals surface area contributed by atoms with Crippen LogP contribution in [-0.2, 0) is 4.74 Å². The fourth-order valence-electron chi connectivity index (χ4n) is 2.39. The van der Waals surface area contributed by atoms with Gasteiger partial charge in [0.05, 0.1) is 12.2 Å². The zero-order valence-electron chi connectivity index (χ0n) is 12.2. The number of halogens is 1. The van der Waals surface area contributed by atoms with Gasteiger partial charge in [-0.3, -0.25) is 4.90 Å². The van der Waals surface area contributed by atoms with E-state index in [1.807, 2.05) is 31.2 Å². The summed E-state index contributed by atoms with van der Waals surface area (Å²) < 4.78 is 11.0. The van der Waals surface area contributed by atoms with E-state index in [-0.39, 0.29) is 12.2 Å². The van der Waals surface area contributed by atoms with Crippen molar-refractivity contribution >= 4 is 23.4 Å². The van der Waals surface area contributed by atoms with Crippen molar-refractivity contribution in [1.29, 1.82) is 0 Å². The number of hydrogen-bond donors (Lipinski definition) is 0. The number of amides is 1. The topological polar surface area (TPSA) is 38.8 Å². The minimum Gasteiger partial charge on any atom is -0.490 e. The van der Waals surface area contributed by atoms with Crippen LogP contribution in [0.25, 0.3) is 0 Å². The number of carbonyl (C=O) groups is 1. The molecule has 0 radical (unpaired) electrons. The largest absolute Gasteiger partial charge is 0.490 e. The van der Waals surface area contributed by atoms with Crippen LogP contribution in [0.1, 0.15) is 5.56 Å². The maximum atomic E-state index is 12.0. The van der Waals surface area contributed by atoms with E-state index in [9.17, 15) is 4.79 Å². The Bertz CT molecular complexity index is 672. The number of cyclic esters (lactones) is 1. The first-order valence-electron chi connectivity index (χ1n) is 7.05. The lowest BCUT2D eigenvalue weighted by molar-refractivity contribution is 0.105. The third-order valence-corrected chi connectivity index (χ3v) is 3.78. The molecule has 1 heterocycles. The Morgan fingerprint density at radius 1 is 1.23 bits per heavy atom. The van der Waals surface area contributed by atoms with E-state index in [4.69, 9.17) is 21.1 Å². The molecule has 1 amide bonds. The Morgan fingerprint density at radius 3 is 2.68 bits per heavy atom. The Kier molecular flexibility index (Phi) is 4.20. The highest BCUT2D eigenvalue weighted by molar-refractivity contribution is 6.30. The summed E-state index contributed by atoms with van der Waals surface area (Å²) in [5.41, 5.74) is 1.92. The lowest BCUT2D eigenvalue weighted by Gasteiger charge is -2.15. The molecule has 0 bridgehead atoms. The van der Waals surface area contributed by atoms with E-state index in [1.165, 1.54) is 0 Å². The summed E-state index contributed by atoms with van der Waals surface area (Å²) in [7, 11) is 0. The molecule has 0 N–H and O–H groups in total. The van der Waals surface area contributed by atoms with Crippen molar-refractivity contribution in [3.8, 4) is 5.75 Å². The summed E-state index contributed by atoms with van der Waals surface area (Å²) in [6, 6.07) is 14.8. The van der Waals surface area contributed by atoms with Gasteiger partial charge in [0, 0.05) is 5.02 Å². The molecular weight excluding hydrogens is 302 g/mol. The van der Waals surface area contributed by atoms with Gasteiger partial charge in [-0.25, -0.2) is 4.79 Å². The predicted octanol–water partition coefficient (Wildman–Crippen LogP) is 4.05. The van der Waals surface area contributed by atoms with Gasteiger partial charge in [-0.15, -0.1) is 0 Å². The quantitative estimate of drug-likeness (QED) is 0.854. The molecule has 0 aliphatic carbocycles. The maximum absolute atomic E-state index is 12.0. The van der Waals surface area contributed by atoms with Crippen molar-refractivity contribution in [2.45, 2.75) is 13.0 Å². The number of aryl methyl sites for hydroxylation is 1. The van der Waals surface area contributed by atoms with Crippen LogP contribution in [0.4, 0.5) is 10.5 Å². The minimum atomic E-state index is -0.334. The first kappa shape index (κ1) is 14.7. The van der Waals surface area contributed by atoms with Crippen molar-refractivity contribution in [2.24, 2.45) is 0 Å². The summed E-state index contributed by atoms with van der Waals surface area (Å²) in [6.07, 6.45) is -0.623. The Balaban J connectivity index is 1.62. The number of hydrogen-bond acceptors (Lipinski definition) is 3. The lowest BCUT2D eigenvalue weighted by atomic mass is 10.2. The van der Waals surface area contributed by atoms with Crippen molar-refractivity contribution < 1.29 is 14.3 Å². The summed E-state index contributed by atoms with van der Waals surface area (Å²) >= 11 is 5.83. The molecule has 0 aromatic heterocycles. The first-order chi connectivity index (χ1) is 10.6. The van der Waals surface area contributed by atoms with Gasteiger partial charge in [-0.05, 0) is 42.8 Å². The highest BCUT2D eigenvalue weighted by Gasteiger charge is 2.33. The molecule has 5 heteroatoms.